The van der Waals surface area contributed by atoms with Gasteiger partial charge >= 0.3 is 0 Å². The predicted octanol–water partition coefficient (Wildman–Crippen LogP) is 4.59. The SMILES string of the molecule is O=[N+]([O-])c1ccc(NC2CC3CC2C2CCCC32)cc1Br. The third-order valence-electron chi connectivity index (χ3n) is 5.93. The second-order valence-corrected chi connectivity index (χ2v) is 7.68. The molecule has 0 aliphatic heterocycles. The minimum absolute atomic E-state index is 0.129. The molecule has 4 nitrogen and oxygen atoms in total. The van der Waals surface area contributed by atoms with Gasteiger partial charge in [-0.3, -0.25) is 10.1 Å². The highest BCUT2D eigenvalue weighted by Gasteiger charge is 2.53. The molecular weight excluding hydrogens is 332 g/mol. The molecule has 1 aromatic carbocycles. The van der Waals surface area contributed by atoms with Crippen LogP contribution in [0.25, 0.3) is 0 Å². The average Bonchev–Trinajstić information content (AvgIpc) is 3.09. The Kier molecular flexibility index (Phi) is 3.21. The van der Waals surface area contributed by atoms with Crippen molar-refractivity contribution in [3.05, 3.63) is 32.8 Å². The van der Waals surface area contributed by atoms with Crippen molar-refractivity contribution in [1.29, 1.82) is 0 Å². The Bertz CT molecular complexity index is 592. The van der Waals surface area contributed by atoms with Gasteiger partial charge < -0.3 is 5.32 Å². The predicted molar refractivity (Wildman–Crippen MR) is 85.3 cm³/mol. The molecule has 21 heavy (non-hydrogen) atoms. The summed E-state index contributed by atoms with van der Waals surface area (Å²) in [5.74, 6) is 3.66. The molecule has 0 heterocycles. The van der Waals surface area contributed by atoms with Crippen LogP contribution in [0.4, 0.5) is 11.4 Å². The van der Waals surface area contributed by atoms with Crippen molar-refractivity contribution in [2.75, 3.05) is 5.32 Å². The lowest BCUT2D eigenvalue weighted by atomic mass is 9.79. The third-order valence-corrected chi connectivity index (χ3v) is 6.56. The molecule has 3 saturated carbocycles. The minimum Gasteiger partial charge on any atom is -0.382 e. The van der Waals surface area contributed by atoms with E-state index >= 15 is 0 Å². The molecule has 5 unspecified atom stereocenters. The average molecular weight is 351 g/mol. The van der Waals surface area contributed by atoms with Crippen molar-refractivity contribution in [2.45, 2.75) is 38.1 Å². The van der Waals surface area contributed by atoms with E-state index in [0.29, 0.717) is 10.5 Å². The molecule has 0 saturated heterocycles. The van der Waals surface area contributed by atoms with Crippen molar-refractivity contribution in [1.82, 2.24) is 0 Å². The fourth-order valence-electron chi connectivity index (χ4n) is 5.19. The minimum atomic E-state index is -0.353. The summed E-state index contributed by atoms with van der Waals surface area (Å²) in [4.78, 5) is 10.5. The van der Waals surface area contributed by atoms with Crippen LogP contribution in [0.15, 0.2) is 22.7 Å². The van der Waals surface area contributed by atoms with Gasteiger partial charge in [-0.1, -0.05) is 6.42 Å². The number of rotatable bonds is 3. The van der Waals surface area contributed by atoms with E-state index in [9.17, 15) is 10.1 Å². The largest absolute Gasteiger partial charge is 0.382 e. The number of benzene rings is 1. The summed E-state index contributed by atoms with van der Waals surface area (Å²) >= 11 is 3.30. The van der Waals surface area contributed by atoms with Crippen LogP contribution in [0, 0.1) is 33.8 Å². The summed E-state index contributed by atoms with van der Waals surface area (Å²) < 4.78 is 0.555. The maximum Gasteiger partial charge on any atom is 0.283 e. The fourth-order valence-corrected chi connectivity index (χ4v) is 5.72. The summed E-state index contributed by atoms with van der Waals surface area (Å²) in [7, 11) is 0. The first kappa shape index (κ1) is 13.6. The second kappa shape index (κ2) is 4.97. The Hall–Kier alpha value is -1.10. The number of nitro groups is 1. The molecule has 2 bridgehead atoms. The Morgan fingerprint density at radius 3 is 2.76 bits per heavy atom. The zero-order valence-corrected chi connectivity index (χ0v) is 13.4. The van der Waals surface area contributed by atoms with Gasteiger partial charge in [0.25, 0.3) is 5.69 Å². The summed E-state index contributed by atoms with van der Waals surface area (Å²) in [6.07, 6.45) is 6.94. The first-order valence-electron chi connectivity index (χ1n) is 7.84. The lowest BCUT2D eigenvalue weighted by Crippen LogP contribution is -2.33. The molecule has 112 valence electrons. The Balaban J connectivity index is 1.50. The zero-order valence-electron chi connectivity index (χ0n) is 11.8. The van der Waals surface area contributed by atoms with Crippen molar-refractivity contribution in [3.63, 3.8) is 0 Å². The normalized spacial score (nSPS) is 36.7. The van der Waals surface area contributed by atoms with Gasteiger partial charge in [-0.05, 0) is 77.4 Å². The molecule has 0 aromatic heterocycles. The maximum absolute atomic E-state index is 10.9. The summed E-state index contributed by atoms with van der Waals surface area (Å²) in [6, 6.07) is 5.82. The van der Waals surface area contributed by atoms with Gasteiger partial charge in [0.1, 0.15) is 0 Å². The second-order valence-electron chi connectivity index (χ2n) is 6.83. The molecule has 1 N–H and O–H groups in total. The highest BCUT2D eigenvalue weighted by atomic mass is 79.9. The van der Waals surface area contributed by atoms with Crippen LogP contribution in [0.5, 0.6) is 0 Å². The molecule has 3 aliphatic rings. The summed E-state index contributed by atoms with van der Waals surface area (Å²) in [5, 5.41) is 14.5. The van der Waals surface area contributed by atoms with Gasteiger partial charge in [0.05, 0.1) is 9.40 Å². The van der Waals surface area contributed by atoms with Gasteiger partial charge in [-0.25, -0.2) is 0 Å². The molecule has 3 aliphatic carbocycles. The van der Waals surface area contributed by atoms with Gasteiger partial charge in [-0.2, -0.15) is 0 Å². The van der Waals surface area contributed by atoms with E-state index in [1.54, 1.807) is 6.07 Å². The van der Waals surface area contributed by atoms with Crippen molar-refractivity contribution < 1.29 is 4.92 Å². The van der Waals surface area contributed by atoms with Crippen LogP contribution in [0.2, 0.25) is 0 Å². The third kappa shape index (κ3) is 2.17. The van der Waals surface area contributed by atoms with Crippen LogP contribution < -0.4 is 5.32 Å². The highest BCUT2D eigenvalue weighted by molar-refractivity contribution is 9.10. The first-order valence-corrected chi connectivity index (χ1v) is 8.63. The van der Waals surface area contributed by atoms with Crippen molar-refractivity contribution in [2.24, 2.45) is 23.7 Å². The van der Waals surface area contributed by atoms with E-state index < -0.39 is 0 Å². The number of hydrogen-bond acceptors (Lipinski definition) is 3. The van der Waals surface area contributed by atoms with Crippen LogP contribution in [0.3, 0.4) is 0 Å². The number of hydrogen-bond donors (Lipinski definition) is 1. The van der Waals surface area contributed by atoms with E-state index in [0.717, 1.165) is 29.4 Å². The van der Waals surface area contributed by atoms with Crippen LogP contribution in [-0.4, -0.2) is 11.0 Å². The first-order chi connectivity index (χ1) is 10.1. The molecule has 1 aromatic rings. The van der Waals surface area contributed by atoms with Crippen LogP contribution in [0.1, 0.15) is 32.1 Å². The van der Waals surface area contributed by atoms with E-state index in [4.69, 9.17) is 0 Å². The van der Waals surface area contributed by atoms with Crippen molar-refractivity contribution in [3.8, 4) is 0 Å². The van der Waals surface area contributed by atoms with Crippen molar-refractivity contribution >= 4 is 27.3 Å². The van der Waals surface area contributed by atoms with Gasteiger partial charge in [0.2, 0.25) is 0 Å². The fraction of sp³-hybridized carbons (Fsp3) is 0.625. The van der Waals surface area contributed by atoms with E-state index in [1.807, 2.05) is 12.1 Å². The highest BCUT2D eigenvalue weighted by Crippen LogP contribution is 2.59. The van der Waals surface area contributed by atoms with Crippen LogP contribution >= 0.6 is 15.9 Å². The monoisotopic (exact) mass is 350 g/mol. The lowest BCUT2D eigenvalue weighted by Gasteiger charge is -2.32. The maximum atomic E-state index is 10.9. The molecule has 4 rings (SSSR count). The Morgan fingerprint density at radius 2 is 2.00 bits per heavy atom. The number of nitrogens with one attached hydrogen (secondary N) is 1. The molecule has 5 heteroatoms. The number of nitrogens with zero attached hydrogens (tertiary/aromatic N) is 1. The quantitative estimate of drug-likeness (QED) is 0.640. The topological polar surface area (TPSA) is 55.2 Å². The number of fused-ring (bicyclic) bond motifs is 5. The number of nitro benzene ring substituents is 1. The summed E-state index contributed by atoms with van der Waals surface area (Å²) in [6.45, 7) is 0. The Labute approximate surface area is 132 Å². The van der Waals surface area contributed by atoms with E-state index in [1.165, 1.54) is 32.1 Å². The zero-order chi connectivity index (χ0) is 14.6. The molecule has 3 fully saturated rings. The van der Waals surface area contributed by atoms with E-state index in [-0.39, 0.29) is 10.6 Å². The van der Waals surface area contributed by atoms with Gasteiger partial charge in [0.15, 0.2) is 0 Å². The lowest BCUT2D eigenvalue weighted by molar-refractivity contribution is -0.385. The number of halogens is 1. The Morgan fingerprint density at radius 1 is 1.19 bits per heavy atom. The number of anilines is 1. The summed E-state index contributed by atoms with van der Waals surface area (Å²) in [5.41, 5.74) is 1.13. The van der Waals surface area contributed by atoms with Crippen LogP contribution in [-0.2, 0) is 0 Å². The molecule has 0 radical (unpaired) electrons. The smallest absolute Gasteiger partial charge is 0.283 e. The molecule has 0 amide bonds. The molecule has 0 spiro atoms. The standard InChI is InChI=1S/C16H19BrN2O2/c17-14-8-10(4-5-16(14)19(20)21)18-15-7-9-6-13(15)12-3-1-2-11(9)12/h4-5,8-9,11-13,15,18H,1-3,6-7H2. The molecule has 5 atom stereocenters. The van der Waals surface area contributed by atoms with Gasteiger partial charge in [0, 0.05) is 17.8 Å². The van der Waals surface area contributed by atoms with E-state index in [2.05, 4.69) is 21.2 Å². The van der Waals surface area contributed by atoms with Gasteiger partial charge in [-0.15, -0.1) is 0 Å². The molecular formula is C16H19BrN2O2.